The predicted octanol–water partition coefficient (Wildman–Crippen LogP) is -2.49. The van der Waals surface area contributed by atoms with Crippen LogP contribution in [0.3, 0.4) is 0 Å². The summed E-state index contributed by atoms with van der Waals surface area (Å²) < 4.78 is 68.9. The molecule has 0 radical (unpaired) electrons. The van der Waals surface area contributed by atoms with Gasteiger partial charge in [0.15, 0.2) is 0 Å². The number of nitriles is 1. The summed E-state index contributed by atoms with van der Waals surface area (Å²) in [4.78, 5) is 10.2. The third-order valence-corrected chi connectivity index (χ3v) is 13.5. The van der Waals surface area contributed by atoms with E-state index in [1.165, 1.54) is 54.8 Å². The van der Waals surface area contributed by atoms with Crippen molar-refractivity contribution in [2.75, 3.05) is 71.8 Å². The van der Waals surface area contributed by atoms with Gasteiger partial charge in [-0.2, -0.15) is 9.98 Å². The highest BCUT2D eigenvalue weighted by molar-refractivity contribution is 7.92. The number of nitrogens with one attached hydrogen (secondary N) is 1. The monoisotopic (exact) mass is 737 g/mol. The maximum atomic E-state index is 13.8. The van der Waals surface area contributed by atoms with Crippen LogP contribution in [-0.2, 0) is 14.6 Å². The Morgan fingerprint density at radius 2 is 1.65 bits per heavy atom. The van der Waals surface area contributed by atoms with Crippen molar-refractivity contribution in [1.29, 1.82) is 5.26 Å². The molecule has 4 heterocycles. The van der Waals surface area contributed by atoms with E-state index in [0.29, 0.717) is 17.9 Å². The van der Waals surface area contributed by atoms with Crippen LogP contribution in [0.4, 0.5) is 4.39 Å². The van der Waals surface area contributed by atoms with Crippen LogP contribution in [0.5, 0.6) is 11.5 Å². The molecule has 2 bridgehead atoms. The van der Waals surface area contributed by atoms with E-state index >= 15 is 0 Å². The first-order chi connectivity index (χ1) is 20.9. The zero-order chi connectivity index (χ0) is 31.6. The van der Waals surface area contributed by atoms with Gasteiger partial charge in [0.25, 0.3) is 10.0 Å². The number of rotatable bonds is 14. The Labute approximate surface area is 285 Å². The molecule has 3 aromatic rings. The second-order valence-electron chi connectivity index (χ2n) is 11.8. The summed E-state index contributed by atoms with van der Waals surface area (Å²) in [6.07, 6.45) is 1.10. The second kappa shape index (κ2) is 15.5. The fourth-order valence-corrected chi connectivity index (χ4v) is 10.5. The summed E-state index contributed by atoms with van der Waals surface area (Å²) in [7, 11) is -8.70. The van der Waals surface area contributed by atoms with Crippen molar-refractivity contribution in [2.45, 2.75) is 24.0 Å². The minimum absolute atomic E-state index is 0. The largest absolute Gasteiger partial charge is 1.00 e. The molecule has 3 fully saturated rings. The van der Waals surface area contributed by atoms with Gasteiger partial charge in [-0.15, -0.1) is 11.3 Å². The van der Waals surface area contributed by atoms with Gasteiger partial charge in [0.2, 0.25) is 0 Å². The molecule has 6 rings (SSSR count). The summed E-state index contributed by atoms with van der Waals surface area (Å²) in [6, 6.07) is 10.2. The molecule has 254 valence electrons. The number of aryl methyl sites for hydroxylation is 1. The van der Waals surface area contributed by atoms with Crippen LogP contribution in [0.2, 0.25) is 0 Å². The number of sulfonamides is 1. The van der Waals surface area contributed by atoms with Gasteiger partial charge < -0.3 is 53.7 Å². The molecular formula is C29H39Cl2FN5O6PS2. The van der Waals surface area contributed by atoms with Gasteiger partial charge in [-0.25, -0.2) is 17.4 Å². The number of quaternary nitrogens is 2. The lowest BCUT2D eigenvalue weighted by Crippen LogP contribution is -3.00. The molecule has 0 spiro atoms. The van der Waals surface area contributed by atoms with E-state index in [2.05, 4.69) is 4.72 Å². The quantitative estimate of drug-likeness (QED) is 0.0935. The number of nitrogens with two attached hydrogens (primary N) is 1. The number of halogens is 3. The first kappa shape index (κ1) is 38.4. The van der Waals surface area contributed by atoms with E-state index in [1.807, 2.05) is 18.2 Å². The van der Waals surface area contributed by atoms with Crippen LogP contribution >= 0.6 is 18.9 Å². The summed E-state index contributed by atoms with van der Waals surface area (Å²) in [5.41, 5.74) is 6.00. The maximum Gasteiger partial charge on any atom is 0.391 e. The van der Waals surface area contributed by atoms with Crippen LogP contribution in [-0.4, -0.2) is 94.1 Å². The summed E-state index contributed by atoms with van der Waals surface area (Å²) >= 11 is 1.05. The van der Waals surface area contributed by atoms with Crippen molar-refractivity contribution in [2.24, 2.45) is 5.73 Å². The number of ether oxygens (including phenoxy) is 1. The number of nitrogens with zero attached hydrogens (tertiary/aromatic N) is 3. The van der Waals surface area contributed by atoms with Crippen molar-refractivity contribution < 1.29 is 65.3 Å². The molecule has 46 heavy (non-hydrogen) atoms. The number of hydrogen-bond acceptors (Lipinski definition) is 8. The van der Waals surface area contributed by atoms with Gasteiger partial charge in [-0.3, -0.25) is 0 Å². The number of thiophene rings is 1. The van der Waals surface area contributed by atoms with Crippen molar-refractivity contribution in [3.05, 3.63) is 53.3 Å². The SMILES string of the molecule is Cc1c(S(=O)(=O)NCP(=O)(O)Oc2ccc(C#N)c(F)c2)sc2ccc(OCCC[N+]34CC[N+](CCCN)(CC3)CC4)cc12.[Cl-].[Cl-]. The molecule has 0 saturated carbocycles. The Morgan fingerprint density at radius 3 is 2.24 bits per heavy atom. The Hall–Kier alpha value is -2.02. The van der Waals surface area contributed by atoms with Gasteiger partial charge in [-0.1, -0.05) is 0 Å². The minimum atomic E-state index is -4.53. The van der Waals surface area contributed by atoms with E-state index in [4.69, 9.17) is 20.3 Å². The van der Waals surface area contributed by atoms with Gasteiger partial charge >= 0.3 is 7.60 Å². The average molecular weight is 739 g/mol. The standard InChI is InChI=1S/C29H38FN5O6PS2.2ClH/c1-22-26-18-24(40-17-3-10-35-14-11-34(12-15-35,13-16-35)9-2-8-31)6-7-28(26)43-29(22)44(38,39)33-21-42(36,37)41-25-5-4-23(20-32)27(30)19-25;;/h4-7,18-19,33H,2-3,8-17,21,31H2,1H3;2*1H/q+1;;/p-1. The molecule has 1 atom stereocenters. The highest BCUT2D eigenvalue weighted by atomic mass is 35.5. The topological polar surface area (TPSA) is 152 Å². The molecule has 0 amide bonds. The first-order valence-corrected chi connectivity index (χ1v) is 18.7. The third kappa shape index (κ3) is 8.71. The Morgan fingerprint density at radius 1 is 1.04 bits per heavy atom. The van der Waals surface area contributed by atoms with Gasteiger partial charge in [0, 0.05) is 29.0 Å². The minimum Gasteiger partial charge on any atom is -1.00 e. The maximum absolute atomic E-state index is 13.8. The number of fused-ring (bicyclic) bond motifs is 4. The zero-order valence-electron chi connectivity index (χ0n) is 25.5. The van der Waals surface area contributed by atoms with E-state index in [1.54, 1.807) is 13.0 Å². The number of piperazine rings is 3. The van der Waals surface area contributed by atoms with E-state index in [0.717, 1.165) is 65.6 Å². The average Bonchev–Trinajstić information content (AvgIpc) is 3.35. The van der Waals surface area contributed by atoms with Gasteiger partial charge in [0.05, 0.1) is 25.3 Å². The third-order valence-electron chi connectivity index (χ3n) is 8.90. The molecule has 3 aliphatic heterocycles. The Balaban J connectivity index is 0.00000288. The molecule has 4 N–H and O–H groups in total. The van der Waals surface area contributed by atoms with Crippen LogP contribution in [0, 0.1) is 24.1 Å². The molecule has 11 nitrogen and oxygen atoms in total. The van der Waals surface area contributed by atoms with Gasteiger partial charge in [0.1, 0.15) is 73.1 Å². The molecule has 3 saturated heterocycles. The second-order valence-corrected chi connectivity index (χ2v) is 16.6. The van der Waals surface area contributed by atoms with Gasteiger partial charge in [-0.05, 0) is 49.4 Å². The highest BCUT2D eigenvalue weighted by Gasteiger charge is 2.48. The lowest BCUT2D eigenvalue weighted by Gasteiger charge is -2.55. The normalized spacial score (nSPS) is 21.9. The van der Waals surface area contributed by atoms with Crippen LogP contribution in [0.15, 0.2) is 40.6 Å². The summed E-state index contributed by atoms with van der Waals surface area (Å²) in [5.74, 6) is -0.558. The molecule has 3 aliphatic rings. The Bertz CT molecular complexity index is 1710. The zero-order valence-corrected chi connectivity index (χ0v) is 29.5. The van der Waals surface area contributed by atoms with Crippen molar-refractivity contribution in [3.8, 4) is 17.6 Å². The van der Waals surface area contributed by atoms with E-state index in [-0.39, 0.29) is 40.3 Å². The predicted molar refractivity (Wildman–Crippen MR) is 167 cm³/mol. The van der Waals surface area contributed by atoms with Crippen molar-refractivity contribution in [3.63, 3.8) is 0 Å². The van der Waals surface area contributed by atoms with Crippen molar-refractivity contribution >= 4 is 39.0 Å². The number of hydrogen-bond donors (Lipinski definition) is 3. The lowest BCUT2D eigenvalue weighted by molar-refractivity contribution is -1.08. The van der Waals surface area contributed by atoms with Crippen LogP contribution in [0.1, 0.15) is 24.0 Å². The van der Waals surface area contributed by atoms with Crippen molar-refractivity contribution in [1.82, 2.24) is 4.72 Å². The fourth-order valence-electron chi connectivity index (χ4n) is 6.23. The van der Waals surface area contributed by atoms with E-state index < -0.39 is 29.7 Å². The molecule has 1 unspecified atom stereocenters. The van der Waals surface area contributed by atoms with E-state index in [9.17, 15) is 22.3 Å². The lowest BCUT2D eigenvalue weighted by atomic mass is 10.1. The van der Waals surface area contributed by atoms with Crippen LogP contribution in [0.25, 0.3) is 10.1 Å². The molecule has 1 aromatic heterocycles. The van der Waals surface area contributed by atoms with Crippen LogP contribution < -0.4 is 44.5 Å². The molecule has 17 heteroatoms. The summed E-state index contributed by atoms with van der Waals surface area (Å²) in [5, 5.41) is 9.56. The first-order valence-electron chi connectivity index (χ1n) is 14.7. The molecular weight excluding hydrogens is 699 g/mol. The highest BCUT2D eigenvalue weighted by Crippen LogP contribution is 2.43. The smallest absolute Gasteiger partial charge is 0.391 e. The summed E-state index contributed by atoms with van der Waals surface area (Å²) in [6.45, 7) is 12.6. The number of benzene rings is 2. The molecule has 0 aliphatic carbocycles. The molecule has 2 aromatic carbocycles. The Kier molecular flexibility index (Phi) is 12.9. The fraction of sp³-hybridized carbons (Fsp3) is 0.483.